The number of hydrogen-bond acceptors (Lipinski definition) is 10. The molecule has 2 N–H and O–H groups in total. The number of amides is 1. The summed E-state index contributed by atoms with van der Waals surface area (Å²) in [5.41, 5.74) is 0.628. The molecule has 0 radical (unpaired) electrons. The fourth-order valence-corrected chi connectivity index (χ4v) is 9.61. The van der Waals surface area contributed by atoms with E-state index >= 15 is 0 Å². The number of likely N-dealkylation sites (N-methyl/N-ethyl adjacent to an activating group) is 1. The number of carbonyl (C=O) groups is 1. The molecule has 4 saturated carbocycles. The Hall–Kier alpha value is -2.37. The minimum atomic E-state index is -0.0741. The van der Waals surface area contributed by atoms with Crippen LogP contribution in [0.5, 0.6) is 0 Å². The first-order valence-corrected chi connectivity index (χ1v) is 15.7. The molecule has 39 heavy (non-hydrogen) atoms. The molecule has 210 valence electrons. The first-order chi connectivity index (χ1) is 19.0. The summed E-state index contributed by atoms with van der Waals surface area (Å²) in [6.07, 6.45) is 11.8. The number of nitrogens with zero attached hydrogens (tertiary/aromatic N) is 7. The van der Waals surface area contributed by atoms with Crippen LogP contribution in [0.15, 0.2) is 18.3 Å². The molecule has 3 atom stereocenters. The summed E-state index contributed by atoms with van der Waals surface area (Å²) >= 11 is 1.45. The zero-order chi connectivity index (χ0) is 26.5. The predicted octanol–water partition coefficient (Wildman–Crippen LogP) is 3.32. The molecule has 2 aromatic rings. The highest BCUT2D eigenvalue weighted by atomic mass is 32.1. The van der Waals surface area contributed by atoms with Crippen molar-refractivity contribution in [2.45, 2.75) is 70.4 Å². The molecule has 0 aromatic carbocycles. The second-order valence-corrected chi connectivity index (χ2v) is 13.8. The van der Waals surface area contributed by atoms with E-state index in [0.29, 0.717) is 10.5 Å². The maximum absolute atomic E-state index is 14.2. The molecule has 2 aromatic heterocycles. The zero-order valence-electron chi connectivity index (χ0n) is 23.0. The van der Waals surface area contributed by atoms with Crippen molar-refractivity contribution in [2.24, 2.45) is 16.7 Å². The van der Waals surface area contributed by atoms with E-state index in [4.69, 9.17) is 0 Å². The van der Waals surface area contributed by atoms with Crippen LogP contribution in [0.3, 0.4) is 0 Å². The first kappa shape index (κ1) is 25.6. The van der Waals surface area contributed by atoms with Crippen molar-refractivity contribution >= 4 is 33.3 Å². The van der Waals surface area contributed by atoms with Gasteiger partial charge in [-0.1, -0.05) is 24.7 Å². The Morgan fingerprint density at radius 3 is 2.74 bits per heavy atom. The van der Waals surface area contributed by atoms with Crippen molar-refractivity contribution in [1.29, 1.82) is 0 Å². The normalized spacial score (nSPS) is 33.4. The largest absolute Gasteiger partial charge is 0.355 e. The highest BCUT2D eigenvalue weighted by molar-refractivity contribution is 7.19. The van der Waals surface area contributed by atoms with E-state index in [2.05, 4.69) is 52.7 Å². The number of aromatic nitrogens is 4. The Morgan fingerprint density at radius 2 is 1.95 bits per heavy atom. The van der Waals surface area contributed by atoms with Gasteiger partial charge in [-0.15, -0.1) is 15.3 Å². The summed E-state index contributed by atoms with van der Waals surface area (Å²) in [6.45, 7) is 9.12. The van der Waals surface area contributed by atoms with Gasteiger partial charge >= 0.3 is 0 Å². The van der Waals surface area contributed by atoms with E-state index in [1.54, 1.807) is 6.20 Å². The molecule has 1 spiro atoms. The average Bonchev–Trinajstić information content (AvgIpc) is 3.58. The van der Waals surface area contributed by atoms with Gasteiger partial charge in [0.2, 0.25) is 16.2 Å². The maximum atomic E-state index is 14.2. The second kappa shape index (κ2) is 10.2. The van der Waals surface area contributed by atoms with Gasteiger partial charge in [0.25, 0.3) is 0 Å². The number of carbonyl (C=O) groups excluding carboxylic acids is 1. The van der Waals surface area contributed by atoms with Crippen molar-refractivity contribution in [3.8, 4) is 0 Å². The first-order valence-electron chi connectivity index (χ1n) is 14.9. The number of hydrogen-bond donors (Lipinski definition) is 2. The summed E-state index contributed by atoms with van der Waals surface area (Å²) in [5, 5.41) is 25.2. The average molecular weight is 552 g/mol. The van der Waals surface area contributed by atoms with Gasteiger partial charge in [0.1, 0.15) is 0 Å². The molecule has 4 aliphatic carbocycles. The molecule has 6 fully saturated rings. The summed E-state index contributed by atoms with van der Waals surface area (Å²) in [6, 6.07) is 4.10. The van der Waals surface area contributed by atoms with E-state index < -0.39 is 0 Å². The van der Waals surface area contributed by atoms with Crippen molar-refractivity contribution in [2.75, 3.05) is 61.3 Å². The van der Waals surface area contributed by atoms with Gasteiger partial charge in [-0.05, 0) is 80.4 Å². The van der Waals surface area contributed by atoms with Gasteiger partial charge in [0.15, 0.2) is 5.82 Å². The lowest BCUT2D eigenvalue weighted by molar-refractivity contribution is -0.165. The summed E-state index contributed by atoms with van der Waals surface area (Å²) in [7, 11) is 0. The van der Waals surface area contributed by atoms with Crippen LogP contribution < -0.4 is 15.5 Å². The zero-order valence-corrected chi connectivity index (χ0v) is 23.8. The Bertz CT molecular complexity index is 1160. The van der Waals surface area contributed by atoms with Gasteiger partial charge in [-0.2, -0.15) is 5.10 Å². The van der Waals surface area contributed by atoms with Gasteiger partial charge in [0.05, 0.1) is 6.04 Å². The molecule has 2 aliphatic heterocycles. The smallest absolute Gasteiger partial charge is 0.244 e. The third-order valence-electron chi connectivity index (χ3n) is 10.3. The molecule has 8 rings (SSSR count). The molecule has 4 heterocycles. The van der Waals surface area contributed by atoms with Gasteiger partial charge in [-0.25, -0.2) is 0 Å². The summed E-state index contributed by atoms with van der Waals surface area (Å²) in [5.74, 6) is 1.86. The van der Waals surface area contributed by atoms with E-state index in [1.165, 1.54) is 56.3 Å². The highest BCUT2D eigenvalue weighted by Crippen LogP contribution is 2.69. The minimum absolute atomic E-state index is 0.0741. The third-order valence-corrected chi connectivity index (χ3v) is 11.1. The lowest BCUT2D eigenvalue weighted by Gasteiger charge is -2.66. The van der Waals surface area contributed by atoms with E-state index in [0.717, 1.165) is 69.1 Å². The fourth-order valence-electron chi connectivity index (χ4n) is 8.89. The molecule has 11 heteroatoms. The van der Waals surface area contributed by atoms with E-state index in [1.807, 2.05) is 12.1 Å². The van der Waals surface area contributed by atoms with Gasteiger partial charge in [-0.3, -0.25) is 15.0 Å². The van der Waals surface area contributed by atoms with Crippen LogP contribution in [0.1, 0.15) is 58.3 Å². The molecule has 6 aliphatic rings. The van der Waals surface area contributed by atoms with Gasteiger partial charge < -0.3 is 15.1 Å². The fraction of sp³-hybridized carbons (Fsp3) is 0.750. The molecule has 10 nitrogen and oxygen atoms in total. The molecule has 2 unspecified atom stereocenters. The van der Waals surface area contributed by atoms with Crippen molar-refractivity contribution in [1.82, 2.24) is 30.2 Å². The monoisotopic (exact) mass is 551 g/mol. The number of nitrogens with one attached hydrogen (secondary N) is 2. The van der Waals surface area contributed by atoms with Crippen LogP contribution in [-0.2, 0) is 4.79 Å². The minimum Gasteiger partial charge on any atom is -0.355 e. The van der Waals surface area contributed by atoms with E-state index in [-0.39, 0.29) is 23.4 Å². The quantitative estimate of drug-likeness (QED) is 0.511. The molecule has 2 saturated heterocycles. The summed E-state index contributed by atoms with van der Waals surface area (Å²) < 4.78 is 0. The van der Waals surface area contributed by atoms with Crippen LogP contribution in [0.25, 0.3) is 0 Å². The molecule has 1 amide bonds. The Kier molecular flexibility index (Phi) is 6.71. The number of anilines is 3. The number of rotatable bonds is 8. The van der Waals surface area contributed by atoms with Crippen molar-refractivity contribution < 1.29 is 4.79 Å². The highest BCUT2D eigenvalue weighted by Gasteiger charge is 2.62. The SMILES string of the molecule is CCN1CCN(C(C(=O)Nc2nnc(N[C@@H]3CCN(c4cccnn4)C3)s2)C23CCCC4(CC(C4)C2)C3)CC1. The Morgan fingerprint density at radius 1 is 1.10 bits per heavy atom. The van der Waals surface area contributed by atoms with Crippen LogP contribution in [-0.4, -0.2) is 94.0 Å². The number of piperazine rings is 1. The maximum Gasteiger partial charge on any atom is 0.244 e. The van der Waals surface area contributed by atoms with Crippen molar-refractivity contribution in [3.05, 3.63) is 18.3 Å². The van der Waals surface area contributed by atoms with Crippen LogP contribution >= 0.6 is 11.3 Å². The lowest BCUT2D eigenvalue weighted by atomic mass is 9.41. The standard InChI is InChI=1S/C28H41N9OS/c1-2-35-11-13-36(14-12-35)23(28-8-4-7-27(19-28)15-20(16-27)17-28)24(38)31-26-34-33-25(39-26)30-21-6-10-37(18-21)22-5-3-9-29-32-22/h3,5,9,20-21,23H,2,4,6-8,10-19H2,1H3,(H,30,33)(H,31,34,38)/t20?,21-,23?,27?,28?/m1/s1. The predicted molar refractivity (Wildman–Crippen MR) is 153 cm³/mol. The lowest BCUT2D eigenvalue weighted by Crippen LogP contribution is -2.65. The van der Waals surface area contributed by atoms with Crippen LogP contribution in [0, 0.1) is 16.7 Å². The molecular formula is C28H41N9OS. The third kappa shape index (κ3) is 4.91. The van der Waals surface area contributed by atoms with Crippen molar-refractivity contribution in [3.63, 3.8) is 0 Å². The summed E-state index contributed by atoms with van der Waals surface area (Å²) in [4.78, 5) is 21.4. The van der Waals surface area contributed by atoms with E-state index in [9.17, 15) is 4.79 Å². The Labute approximate surface area is 234 Å². The molecule has 3 bridgehead atoms. The van der Waals surface area contributed by atoms with Crippen LogP contribution in [0.2, 0.25) is 0 Å². The Balaban J connectivity index is 1.04. The molecular weight excluding hydrogens is 510 g/mol. The topological polar surface area (TPSA) is 102 Å². The second-order valence-electron chi connectivity index (χ2n) is 12.8. The van der Waals surface area contributed by atoms with Gasteiger partial charge in [0, 0.05) is 51.5 Å². The van der Waals surface area contributed by atoms with Crippen LogP contribution in [0.4, 0.5) is 16.1 Å².